The van der Waals surface area contributed by atoms with Gasteiger partial charge in [0, 0.05) is 38.3 Å². The van der Waals surface area contributed by atoms with E-state index in [2.05, 4.69) is 9.97 Å². The molecule has 4 nitrogen and oxygen atoms in total. The predicted octanol–water partition coefficient (Wildman–Crippen LogP) is -2.30. The quantitative estimate of drug-likeness (QED) is 0.573. The zero-order valence-electron chi connectivity index (χ0n) is 9.94. The molecular formula is C9H10BF3KN3O. The van der Waals surface area contributed by atoms with E-state index >= 15 is 0 Å². The van der Waals surface area contributed by atoms with Crippen molar-refractivity contribution in [2.75, 3.05) is 18.0 Å². The molecule has 18 heavy (non-hydrogen) atoms. The molecule has 0 aromatic carbocycles. The van der Waals surface area contributed by atoms with E-state index in [1.54, 1.807) is 4.90 Å². The molecule has 0 amide bonds. The number of anilines is 1. The fraction of sp³-hybridized carbons (Fsp3) is 0.444. The van der Waals surface area contributed by atoms with Crippen LogP contribution >= 0.6 is 0 Å². The summed E-state index contributed by atoms with van der Waals surface area (Å²) < 4.78 is 37.0. The van der Waals surface area contributed by atoms with Gasteiger partial charge < -0.3 is 17.8 Å². The minimum absolute atomic E-state index is 0. The van der Waals surface area contributed by atoms with Crippen molar-refractivity contribution in [1.29, 1.82) is 0 Å². The van der Waals surface area contributed by atoms with E-state index in [4.69, 9.17) is 0 Å². The maximum absolute atomic E-state index is 12.3. The van der Waals surface area contributed by atoms with Gasteiger partial charge in [0.1, 0.15) is 5.78 Å². The Bertz CT molecular complexity index is 416. The fourth-order valence-electron chi connectivity index (χ4n) is 1.62. The molecule has 0 saturated carbocycles. The third-order valence-corrected chi connectivity index (χ3v) is 2.64. The van der Waals surface area contributed by atoms with Gasteiger partial charge in [0.05, 0.1) is 0 Å². The molecule has 9 heteroatoms. The molecule has 1 aromatic rings. The van der Waals surface area contributed by atoms with E-state index in [9.17, 15) is 17.7 Å². The molecule has 1 fully saturated rings. The molecule has 0 radical (unpaired) electrons. The van der Waals surface area contributed by atoms with Crippen molar-refractivity contribution < 1.29 is 69.1 Å². The van der Waals surface area contributed by atoms with Crippen LogP contribution in [-0.2, 0) is 4.79 Å². The van der Waals surface area contributed by atoms with Gasteiger partial charge in [-0.1, -0.05) is 5.46 Å². The first kappa shape index (κ1) is 16.1. The summed E-state index contributed by atoms with van der Waals surface area (Å²) in [6.45, 7) is -4.11. The zero-order valence-corrected chi connectivity index (χ0v) is 13.1. The number of piperidine rings is 1. The summed E-state index contributed by atoms with van der Waals surface area (Å²) >= 11 is 0. The molecule has 1 aliphatic heterocycles. The van der Waals surface area contributed by atoms with Crippen LogP contribution in [0.3, 0.4) is 0 Å². The van der Waals surface area contributed by atoms with Crippen molar-refractivity contribution >= 4 is 24.2 Å². The smallest absolute Gasteiger partial charge is 0.445 e. The Morgan fingerprint density at radius 1 is 1.11 bits per heavy atom. The van der Waals surface area contributed by atoms with E-state index in [1.807, 2.05) is 0 Å². The zero-order chi connectivity index (χ0) is 12.5. The largest absolute Gasteiger partial charge is 1.00 e. The van der Waals surface area contributed by atoms with Crippen molar-refractivity contribution in [3.05, 3.63) is 12.4 Å². The van der Waals surface area contributed by atoms with Crippen molar-refractivity contribution in [3.8, 4) is 0 Å². The van der Waals surface area contributed by atoms with Crippen LogP contribution in [0.15, 0.2) is 12.4 Å². The monoisotopic (exact) mass is 283 g/mol. The number of ketones is 1. The van der Waals surface area contributed by atoms with Crippen molar-refractivity contribution in [1.82, 2.24) is 9.97 Å². The van der Waals surface area contributed by atoms with Gasteiger partial charge in [-0.15, -0.1) is 0 Å². The molecular weight excluding hydrogens is 273 g/mol. The van der Waals surface area contributed by atoms with Gasteiger partial charge in [0.25, 0.3) is 0 Å². The van der Waals surface area contributed by atoms with Crippen LogP contribution in [0.4, 0.5) is 18.9 Å². The first-order valence-corrected chi connectivity index (χ1v) is 5.25. The Kier molecular flexibility index (Phi) is 5.78. The minimum Gasteiger partial charge on any atom is -0.445 e. The fourth-order valence-corrected chi connectivity index (χ4v) is 1.62. The molecule has 2 rings (SSSR count). The first-order valence-electron chi connectivity index (χ1n) is 5.25. The van der Waals surface area contributed by atoms with E-state index < -0.39 is 12.4 Å². The number of Topliss-reactive ketones (excluding diaryl/α,β-unsaturated/α-hetero) is 1. The molecule has 1 aliphatic rings. The molecule has 1 saturated heterocycles. The summed E-state index contributed by atoms with van der Waals surface area (Å²) in [5, 5.41) is 0. The molecule has 0 atom stereocenters. The summed E-state index contributed by atoms with van der Waals surface area (Å²) in [7, 11) is 0. The number of aromatic nitrogens is 2. The number of carbonyl (C=O) groups is 1. The summed E-state index contributed by atoms with van der Waals surface area (Å²) in [5.74, 6) is 0.415. The molecule has 2 heterocycles. The van der Waals surface area contributed by atoms with Crippen molar-refractivity contribution in [2.24, 2.45) is 0 Å². The van der Waals surface area contributed by atoms with E-state index in [-0.39, 0.29) is 63.1 Å². The van der Waals surface area contributed by atoms with Gasteiger partial charge in [-0.25, -0.2) is 9.97 Å². The second-order valence-corrected chi connectivity index (χ2v) is 3.92. The van der Waals surface area contributed by atoms with Crippen LogP contribution in [0.1, 0.15) is 12.8 Å². The van der Waals surface area contributed by atoms with Gasteiger partial charge in [-0.3, -0.25) is 4.79 Å². The number of carbonyl (C=O) groups excluding carboxylic acids is 1. The maximum Gasteiger partial charge on any atom is 1.00 e. The average Bonchev–Trinajstić information content (AvgIpc) is 2.29. The van der Waals surface area contributed by atoms with Gasteiger partial charge in [-0.2, -0.15) is 0 Å². The average molecular weight is 283 g/mol. The number of hydrogen-bond donors (Lipinski definition) is 0. The number of hydrogen-bond acceptors (Lipinski definition) is 4. The number of nitrogens with zero attached hydrogens (tertiary/aromatic N) is 3. The topological polar surface area (TPSA) is 46.1 Å². The third-order valence-electron chi connectivity index (χ3n) is 2.64. The van der Waals surface area contributed by atoms with E-state index in [0.29, 0.717) is 25.9 Å². The Hall–Kier alpha value is 0.0413. The maximum atomic E-state index is 12.3. The molecule has 0 spiro atoms. The summed E-state index contributed by atoms with van der Waals surface area (Å²) in [4.78, 5) is 20.1. The summed E-state index contributed by atoms with van der Waals surface area (Å²) in [6, 6.07) is 0. The third kappa shape index (κ3) is 4.02. The van der Waals surface area contributed by atoms with Crippen LogP contribution in [-0.4, -0.2) is 35.8 Å². The van der Waals surface area contributed by atoms with Gasteiger partial charge in [0.15, 0.2) is 0 Å². The van der Waals surface area contributed by atoms with Crippen LogP contribution in [0, 0.1) is 0 Å². The number of halogens is 3. The molecule has 0 N–H and O–H groups in total. The molecule has 0 unspecified atom stereocenters. The number of rotatable bonds is 2. The summed E-state index contributed by atoms with van der Waals surface area (Å²) in [5.41, 5.74) is -0.804. The standard InChI is InChI=1S/C9H10BF3N3O.K/c11-10(12,13)7-5-14-9(15-6-7)16-3-1-8(17)2-4-16;/h5-6H,1-4H2;/q-1;+1. The van der Waals surface area contributed by atoms with Crippen LogP contribution in [0.25, 0.3) is 0 Å². The van der Waals surface area contributed by atoms with Crippen LogP contribution in [0.2, 0.25) is 0 Å². The second kappa shape index (κ2) is 6.47. The molecule has 0 bridgehead atoms. The van der Waals surface area contributed by atoms with E-state index in [1.165, 1.54) is 0 Å². The Morgan fingerprint density at radius 2 is 1.61 bits per heavy atom. The van der Waals surface area contributed by atoms with E-state index in [0.717, 1.165) is 12.4 Å². The summed E-state index contributed by atoms with van der Waals surface area (Å²) in [6.07, 6.45) is 2.38. The Balaban J connectivity index is 0.00000162. The van der Waals surface area contributed by atoms with Crippen LogP contribution < -0.4 is 61.7 Å². The molecule has 0 aliphatic carbocycles. The van der Waals surface area contributed by atoms with Gasteiger partial charge >= 0.3 is 58.4 Å². The van der Waals surface area contributed by atoms with Gasteiger partial charge in [-0.05, 0) is 0 Å². The predicted molar refractivity (Wildman–Crippen MR) is 57.2 cm³/mol. The van der Waals surface area contributed by atoms with Crippen LogP contribution in [0.5, 0.6) is 0 Å². The molecule has 1 aromatic heterocycles. The Morgan fingerprint density at radius 3 is 2.06 bits per heavy atom. The SMILES string of the molecule is O=C1CCN(c2ncc([B-](F)(F)F)cn2)CC1.[K+]. The second-order valence-electron chi connectivity index (χ2n) is 3.92. The van der Waals surface area contributed by atoms with Gasteiger partial charge in [0.2, 0.25) is 5.95 Å². The van der Waals surface area contributed by atoms with Crippen molar-refractivity contribution in [3.63, 3.8) is 0 Å². The normalized spacial score (nSPS) is 16.4. The Labute approximate surface area is 145 Å². The minimum atomic E-state index is -5.05. The van der Waals surface area contributed by atoms with Crippen molar-refractivity contribution in [2.45, 2.75) is 12.8 Å². The molecule has 92 valence electrons. The first-order chi connectivity index (χ1) is 7.97.